The number of hydrogen-bond acceptors (Lipinski definition) is 1. The van der Waals surface area contributed by atoms with Gasteiger partial charge in [-0.15, -0.1) is 0 Å². The summed E-state index contributed by atoms with van der Waals surface area (Å²) in [5.74, 6) is 0. The van der Waals surface area contributed by atoms with E-state index >= 15 is 0 Å². The first-order valence-electron chi connectivity index (χ1n) is 7.90. The summed E-state index contributed by atoms with van der Waals surface area (Å²) in [6, 6.07) is 13.7. The molecular formula is C20H27N. The molecule has 0 spiro atoms. The lowest BCUT2D eigenvalue weighted by Gasteiger charge is -2.24. The van der Waals surface area contributed by atoms with Gasteiger partial charge < -0.3 is 5.32 Å². The maximum absolute atomic E-state index is 3.73. The highest BCUT2D eigenvalue weighted by molar-refractivity contribution is 5.44. The van der Waals surface area contributed by atoms with Crippen molar-refractivity contribution in [3.05, 3.63) is 69.8 Å². The van der Waals surface area contributed by atoms with Crippen LogP contribution in [0.1, 0.15) is 52.8 Å². The molecule has 0 radical (unpaired) electrons. The maximum Gasteiger partial charge on any atom is 0.0582 e. The summed E-state index contributed by atoms with van der Waals surface area (Å²) in [6.45, 7) is 12.0. The third-order valence-electron chi connectivity index (χ3n) is 4.00. The molecule has 112 valence electrons. The van der Waals surface area contributed by atoms with Gasteiger partial charge in [0.1, 0.15) is 0 Å². The Morgan fingerprint density at radius 1 is 0.905 bits per heavy atom. The Kier molecular flexibility index (Phi) is 5.19. The van der Waals surface area contributed by atoms with E-state index in [-0.39, 0.29) is 6.04 Å². The number of hydrogen-bond donors (Lipinski definition) is 1. The molecule has 0 saturated heterocycles. The van der Waals surface area contributed by atoms with E-state index < -0.39 is 0 Å². The Labute approximate surface area is 129 Å². The monoisotopic (exact) mass is 281 g/mol. The van der Waals surface area contributed by atoms with E-state index in [1.807, 2.05) is 0 Å². The van der Waals surface area contributed by atoms with Crippen molar-refractivity contribution in [3.8, 4) is 0 Å². The molecule has 2 aromatic carbocycles. The van der Waals surface area contributed by atoms with Gasteiger partial charge in [-0.2, -0.15) is 0 Å². The molecule has 0 amide bonds. The van der Waals surface area contributed by atoms with E-state index in [0.29, 0.717) is 0 Å². The van der Waals surface area contributed by atoms with Crippen molar-refractivity contribution < 1.29 is 0 Å². The minimum Gasteiger partial charge on any atom is -0.306 e. The van der Waals surface area contributed by atoms with Gasteiger partial charge in [-0.25, -0.2) is 0 Å². The van der Waals surface area contributed by atoms with Gasteiger partial charge in [-0.3, -0.25) is 0 Å². The summed E-state index contributed by atoms with van der Waals surface area (Å²) in [5.41, 5.74) is 8.20. The molecule has 1 heteroatoms. The topological polar surface area (TPSA) is 12.0 Å². The Morgan fingerprint density at radius 3 is 2.14 bits per heavy atom. The molecule has 2 aromatic rings. The highest BCUT2D eigenvalue weighted by Crippen LogP contribution is 2.29. The lowest BCUT2D eigenvalue weighted by molar-refractivity contribution is 0.593. The number of nitrogens with one attached hydrogen (secondary N) is 1. The van der Waals surface area contributed by atoms with Crippen molar-refractivity contribution in [2.75, 3.05) is 6.54 Å². The van der Waals surface area contributed by atoms with Gasteiger partial charge in [0.05, 0.1) is 6.04 Å². The van der Waals surface area contributed by atoms with Gasteiger partial charge in [-0.05, 0) is 62.9 Å². The standard InChI is InChI=1S/C20H27N/c1-6-10-21-20(18-9-7-8-14(2)13-18)19-16(4)11-15(3)12-17(19)5/h7-9,11-13,20-21H,6,10H2,1-5H3. The SMILES string of the molecule is CCCNC(c1cccc(C)c1)c1c(C)cc(C)cc1C. The molecule has 2 rings (SSSR count). The largest absolute Gasteiger partial charge is 0.306 e. The lowest BCUT2D eigenvalue weighted by atomic mass is 9.89. The highest BCUT2D eigenvalue weighted by atomic mass is 14.9. The van der Waals surface area contributed by atoms with Crippen molar-refractivity contribution in [1.29, 1.82) is 0 Å². The summed E-state index contributed by atoms with van der Waals surface area (Å²) < 4.78 is 0. The van der Waals surface area contributed by atoms with Crippen molar-refractivity contribution in [3.63, 3.8) is 0 Å². The molecule has 0 fully saturated rings. The zero-order valence-electron chi connectivity index (χ0n) is 14.0. The fourth-order valence-electron chi connectivity index (χ4n) is 3.17. The predicted molar refractivity (Wildman–Crippen MR) is 92.0 cm³/mol. The summed E-state index contributed by atoms with van der Waals surface area (Å²) in [6.07, 6.45) is 1.15. The van der Waals surface area contributed by atoms with Crippen LogP contribution in [-0.4, -0.2) is 6.54 Å². The molecule has 1 N–H and O–H groups in total. The summed E-state index contributed by atoms with van der Waals surface area (Å²) in [7, 11) is 0. The predicted octanol–water partition coefficient (Wildman–Crippen LogP) is 5.01. The second kappa shape index (κ2) is 6.91. The summed E-state index contributed by atoms with van der Waals surface area (Å²) >= 11 is 0. The third kappa shape index (κ3) is 3.74. The van der Waals surface area contributed by atoms with E-state index in [1.54, 1.807) is 0 Å². The molecule has 1 nitrogen and oxygen atoms in total. The molecule has 1 unspecified atom stereocenters. The van der Waals surface area contributed by atoms with Crippen LogP contribution in [0.3, 0.4) is 0 Å². The van der Waals surface area contributed by atoms with Gasteiger partial charge in [0.15, 0.2) is 0 Å². The van der Waals surface area contributed by atoms with Crippen LogP contribution >= 0.6 is 0 Å². The quantitative estimate of drug-likeness (QED) is 0.812. The fourth-order valence-corrected chi connectivity index (χ4v) is 3.17. The van der Waals surface area contributed by atoms with Gasteiger partial charge >= 0.3 is 0 Å². The molecule has 0 aromatic heterocycles. The van der Waals surface area contributed by atoms with Crippen LogP contribution in [0.25, 0.3) is 0 Å². The van der Waals surface area contributed by atoms with Crippen molar-refractivity contribution in [2.45, 2.75) is 47.1 Å². The molecule has 0 aliphatic heterocycles. The lowest BCUT2D eigenvalue weighted by Crippen LogP contribution is -2.25. The highest BCUT2D eigenvalue weighted by Gasteiger charge is 2.18. The van der Waals surface area contributed by atoms with E-state index in [1.165, 1.54) is 33.4 Å². The Balaban J connectivity index is 2.50. The number of aryl methyl sites for hydroxylation is 4. The molecule has 0 saturated carbocycles. The smallest absolute Gasteiger partial charge is 0.0582 e. The third-order valence-corrected chi connectivity index (χ3v) is 4.00. The van der Waals surface area contributed by atoms with Crippen molar-refractivity contribution >= 4 is 0 Å². The first-order valence-corrected chi connectivity index (χ1v) is 7.90. The zero-order chi connectivity index (χ0) is 15.4. The molecule has 21 heavy (non-hydrogen) atoms. The minimum absolute atomic E-state index is 0.283. The molecule has 0 bridgehead atoms. The van der Waals surface area contributed by atoms with Gasteiger partial charge in [-0.1, -0.05) is 54.4 Å². The van der Waals surface area contributed by atoms with Crippen molar-refractivity contribution in [1.82, 2.24) is 5.32 Å². The first kappa shape index (κ1) is 15.8. The van der Waals surface area contributed by atoms with Crippen LogP contribution in [0, 0.1) is 27.7 Å². The van der Waals surface area contributed by atoms with Crippen LogP contribution in [0.4, 0.5) is 0 Å². The van der Waals surface area contributed by atoms with Crippen LogP contribution < -0.4 is 5.32 Å². The molecular weight excluding hydrogens is 254 g/mol. The number of benzene rings is 2. The van der Waals surface area contributed by atoms with E-state index in [9.17, 15) is 0 Å². The second-order valence-electron chi connectivity index (χ2n) is 6.11. The van der Waals surface area contributed by atoms with E-state index in [0.717, 1.165) is 13.0 Å². The Morgan fingerprint density at radius 2 is 1.57 bits per heavy atom. The Hall–Kier alpha value is -1.60. The van der Waals surface area contributed by atoms with Crippen LogP contribution in [0.5, 0.6) is 0 Å². The molecule has 0 aliphatic rings. The minimum atomic E-state index is 0.283. The number of rotatable bonds is 5. The summed E-state index contributed by atoms with van der Waals surface area (Å²) in [4.78, 5) is 0. The van der Waals surface area contributed by atoms with Crippen LogP contribution in [0.2, 0.25) is 0 Å². The normalized spacial score (nSPS) is 12.4. The Bertz CT molecular complexity index is 590. The zero-order valence-corrected chi connectivity index (χ0v) is 14.0. The van der Waals surface area contributed by atoms with Gasteiger partial charge in [0, 0.05) is 0 Å². The van der Waals surface area contributed by atoms with Gasteiger partial charge in [0.25, 0.3) is 0 Å². The van der Waals surface area contributed by atoms with Gasteiger partial charge in [0.2, 0.25) is 0 Å². The molecule has 0 heterocycles. The van der Waals surface area contributed by atoms with E-state index in [2.05, 4.69) is 76.3 Å². The fraction of sp³-hybridized carbons (Fsp3) is 0.400. The van der Waals surface area contributed by atoms with Crippen LogP contribution in [-0.2, 0) is 0 Å². The maximum atomic E-state index is 3.73. The van der Waals surface area contributed by atoms with E-state index in [4.69, 9.17) is 0 Å². The molecule has 0 aliphatic carbocycles. The second-order valence-corrected chi connectivity index (χ2v) is 6.11. The van der Waals surface area contributed by atoms with Crippen LogP contribution in [0.15, 0.2) is 36.4 Å². The average molecular weight is 281 g/mol. The summed E-state index contributed by atoms with van der Waals surface area (Å²) in [5, 5.41) is 3.73. The first-order chi connectivity index (χ1) is 10.0. The average Bonchev–Trinajstić information content (AvgIpc) is 2.41. The van der Waals surface area contributed by atoms with Crippen molar-refractivity contribution in [2.24, 2.45) is 0 Å². The molecule has 1 atom stereocenters.